The minimum Gasteiger partial charge on any atom is -0.352 e. The normalized spacial score (nSPS) is 9.56. The number of carbonyl (C=O) groups excluding carboxylic acids is 1. The number of carbonyl (C=O) groups is 1. The molecule has 0 radical (unpaired) electrons. The van der Waals surface area contributed by atoms with Crippen LogP contribution in [0, 0.1) is 24.1 Å². The number of amides is 1. The molecule has 0 atom stereocenters. The zero-order chi connectivity index (χ0) is 12.0. The van der Waals surface area contributed by atoms with Crippen molar-refractivity contribution in [3.8, 4) is 6.07 Å². The Labute approximate surface area is 93.9 Å². The van der Waals surface area contributed by atoms with Gasteiger partial charge in [-0.1, -0.05) is 11.6 Å². The second-order valence-corrected chi connectivity index (χ2v) is 3.50. The van der Waals surface area contributed by atoms with Crippen LogP contribution in [0.15, 0.2) is 18.2 Å². The van der Waals surface area contributed by atoms with Crippen molar-refractivity contribution in [2.75, 3.05) is 6.54 Å². The number of nitrogens with one attached hydrogen (secondary N) is 1. The van der Waals surface area contributed by atoms with Gasteiger partial charge in [-0.15, -0.1) is 0 Å². The number of benzene rings is 1. The number of nitriles is 1. The van der Waals surface area contributed by atoms with Gasteiger partial charge in [-0.25, -0.2) is 4.39 Å². The standard InChI is InChI=1S/C12H13FN2O/c1-9-4-5-11(13)10(8-9)12(16)15-7-3-2-6-14/h4-5,8H,2-3,7H2,1H3,(H,15,16). The van der Waals surface area contributed by atoms with E-state index in [1.165, 1.54) is 12.1 Å². The van der Waals surface area contributed by atoms with Crippen LogP contribution in [0.5, 0.6) is 0 Å². The van der Waals surface area contributed by atoms with Crippen molar-refractivity contribution in [2.45, 2.75) is 19.8 Å². The first kappa shape index (κ1) is 12.2. The molecule has 1 aromatic carbocycles. The molecule has 1 aromatic rings. The summed E-state index contributed by atoms with van der Waals surface area (Å²) >= 11 is 0. The molecule has 3 nitrogen and oxygen atoms in total. The number of aryl methyl sites for hydroxylation is 1. The van der Waals surface area contributed by atoms with Crippen LogP contribution < -0.4 is 5.32 Å². The van der Waals surface area contributed by atoms with Gasteiger partial charge in [0.05, 0.1) is 11.6 Å². The van der Waals surface area contributed by atoms with Crippen molar-refractivity contribution in [3.63, 3.8) is 0 Å². The van der Waals surface area contributed by atoms with Crippen LogP contribution in [0.25, 0.3) is 0 Å². The van der Waals surface area contributed by atoms with E-state index in [9.17, 15) is 9.18 Å². The van der Waals surface area contributed by atoms with E-state index in [1.807, 2.05) is 6.07 Å². The molecule has 0 aliphatic heterocycles. The number of unbranched alkanes of at least 4 members (excludes halogenated alkanes) is 1. The summed E-state index contributed by atoms with van der Waals surface area (Å²) in [6, 6.07) is 6.38. The number of halogens is 1. The molecule has 1 N–H and O–H groups in total. The Morgan fingerprint density at radius 2 is 2.31 bits per heavy atom. The fourth-order valence-electron chi connectivity index (χ4n) is 1.28. The molecule has 0 unspecified atom stereocenters. The Kier molecular flexibility index (Phi) is 4.46. The molecule has 0 aliphatic carbocycles. The molecule has 16 heavy (non-hydrogen) atoms. The molecule has 0 fully saturated rings. The highest BCUT2D eigenvalue weighted by molar-refractivity contribution is 5.94. The van der Waals surface area contributed by atoms with Gasteiger partial charge < -0.3 is 5.32 Å². The highest BCUT2D eigenvalue weighted by atomic mass is 19.1. The molecular formula is C12H13FN2O. The monoisotopic (exact) mass is 220 g/mol. The molecule has 0 heterocycles. The third-order valence-corrected chi connectivity index (χ3v) is 2.12. The van der Waals surface area contributed by atoms with Gasteiger partial charge in [-0.3, -0.25) is 4.79 Å². The van der Waals surface area contributed by atoms with Crippen molar-refractivity contribution in [3.05, 3.63) is 35.1 Å². The van der Waals surface area contributed by atoms with Gasteiger partial charge in [0.2, 0.25) is 0 Å². The second kappa shape index (κ2) is 5.86. The van der Waals surface area contributed by atoms with Gasteiger partial charge in [-0.2, -0.15) is 5.26 Å². The van der Waals surface area contributed by atoms with Crippen molar-refractivity contribution < 1.29 is 9.18 Å². The summed E-state index contributed by atoms with van der Waals surface area (Å²) in [6.45, 7) is 2.19. The lowest BCUT2D eigenvalue weighted by Gasteiger charge is -2.05. The Hall–Kier alpha value is -1.89. The Bertz CT molecular complexity index is 424. The predicted octanol–water partition coefficient (Wildman–Crippen LogP) is 2.17. The molecule has 0 bridgehead atoms. The van der Waals surface area contributed by atoms with Crippen molar-refractivity contribution in [1.29, 1.82) is 5.26 Å². The van der Waals surface area contributed by atoms with Crippen LogP contribution in [0.3, 0.4) is 0 Å². The van der Waals surface area contributed by atoms with Crippen LogP contribution in [0.1, 0.15) is 28.8 Å². The number of hydrogen-bond donors (Lipinski definition) is 1. The predicted molar refractivity (Wildman–Crippen MR) is 58.3 cm³/mol. The van der Waals surface area contributed by atoms with Gasteiger partial charge in [-0.05, 0) is 25.5 Å². The summed E-state index contributed by atoms with van der Waals surface area (Å²) < 4.78 is 13.3. The lowest BCUT2D eigenvalue weighted by molar-refractivity contribution is 0.0949. The highest BCUT2D eigenvalue weighted by Crippen LogP contribution is 2.09. The maximum Gasteiger partial charge on any atom is 0.254 e. The molecule has 0 saturated heterocycles. The molecule has 0 aromatic heterocycles. The highest BCUT2D eigenvalue weighted by Gasteiger charge is 2.10. The van der Waals surface area contributed by atoms with E-state index in [2.05, 4.69) is 5.32 Å². The zero-order valence-electron chi connectivity index (χ0n) is 9.09. The Morgan fingerprint density at radius 3 is 3.00 bits per heavy atom. The van der Waals surface area contributed by atoms with E-state index in [1.54, 1.807) is 13.0 Å². The summed E-state index contributed by atoms with van der Waals surface area (Å²) in [6.07, 6.45) is 0.965. The van der Waals surface area contributed by atoms with E-state index in [4.69, 9.17) is 5.26 Å². The maximum absolute atomic E-state index is 13.3. The SMILES string of the molecule is Cc1ccc(F)c(C(=O)NCCCC#N)c1. The van der Waals surface area contributed by atoms with Crippen molar-refractivity contribution >= 4 is 5.91 Å². The van der Waals surface area contributed by atoms with Gasteiger partial charge in [0.1, 0.15) is 5.82 Å². The lowest BCUT2D eigenvalue weighted by atomic mass is 10.1. The molecule has 1 amide bonds. The summed E-state index contributed by atoms with van der Waals surface area (Å²) in [7, 11) is 0. The summed E-state index contributed by atoms with van der Waals surface area (Å²) in [5, 5.41) is 10.9. The van der Waals surface area contributed by atoms with Crippen LogP contribution in [0.2, 0.25) is 0 Å². The summed E-state index contributed by atoms with van der Waals surface area (Å²) in [5.74, 6) is -0.956. The first-order valence-corrected chi connectivity index (χ1v) is 5.06. The third kappa shape index (κ3) is 3.35. The van der Waals surface area contributed by atoms with E-state index in [-0.39, 0.29) is 5.56 Å². The largest absolute Gasteiger partial charge is 0.352 e. The number of nitrogens with zero attached hydrogens (tertiary/aromatic N) is 1. The fourth-order valence-corrected chi connectivity index (χ4v) is 1.28. The van der Waals surface area contributed by atoms with E-state index in [0.717, 1.165) is 5.56 Å². The first-order valence-electron chi connectivity index (χ1n) is 5.06. The minimum atomic E-state index is -0.525. The minimum absolute atomic E-state index is 0.0527. The molecule has 0 aliphatic rings. The zero-order valence-corrected chi connectivity index (χ0v) is 9.09. The molecular weight excluding hydrogens is 207 g/mol. The lowest BCUT2D eigenvalue weighted by Crippen LogP contribution is -2.25. The van der Waals surface area contributed by atoms with Crippen LogP contribution >= 0.6 is 0 Å². The van der Waals surface area contributed by atoms with Crippen LogP contribution in [0.4, 0.5) is 4.39 Å². The van der Waals surface area contributed by atoms with Crippen LogP contribution in [-0.4, -0.2) is 12.5 Å². The first-order chi connectivity index (χ1) is 7.65. The average molecular weight is 220 g/mol. The molecule has 84 valence electrons. The third-order valence-electron chi connectivity index (χ3n) is 2.12. The summed E-state index contributed by atoms with van der Waals surface area (Å²) in [5.41, 5.74) is 0.889. The van der Waals surface area contributed by atoms with E-state index >= 15 is 0 Å². The van der Waals surface area contributed by atoms with Gasteiger partial charge in [0.15, 0.2) is 0 Å². The molecule has 1 rings (SSSR count). The van der Waals surface area contributed by atoms with E-state index in [0.29, 0.717) is 19.4 Å². The second-order valence-electron chi connectivity index (χ2n) is 3.50. The molecule has 0 spiro atoms. The topological polar surface area (TPSA) is 52.9 Å². The average Bonchev–Trinajstić information content (AvgIpc) is 2.27. The van der Waals surface area contributed by atoms with E-state index < -0.39 is 11.7 Å². The number of rotatable bonds is 4. The van der Waals surface area contributed by atoms with Crippen molar-refractivity contribution in [2.24, 2.45) is 0 Å². The Balaban J connectivity index is 2.59. The van der Waals surface area contributed by atoms with Crippen LogP contribution in [-0.2, 0) is 0 Å². The van der Waals surface area contributed by atoms with Gasteiger partial charge in [0, 0.05) is 13.0 Å². The molecule has 0 saturated carbocycles. The van der Waals surface area contributed by atoms with Gasteiger partial charge in [0.25, 0.3) is 5.91 Å². The summed E-state index contributed by atoms with van der Waals surface area (Å²) in [4.78, 5) is 11.5. The maximum atomic E-state index is 13.3. The Morgan fingerprint density at radius 1 is 1.56 bits per heavy atom. The smallest absolute Gasteiger partial charge is 0.254 e. The quantitative estimate of drug-likeness (QED) is 0.790. The fraction of sp³-hybridized carbons (Fsp3) is 0.333. The molecule has 4 heteroatoms. The number of hydrogen-bond acceptors (Lipinski definition) is 2. The van der Waals surface area contributed by atoms with Gasteiger partial charge >= 0.3 is 0 Å². The van der Waals surface area contributed by atoms with Crippen molar-refractivity contribution in [1.82, 2.24) is 5.32 Å².